The standard InChI is InChI=1S/C9H14BrNO2S2/c1-2-3-6-15(12,13)11-7-9-8(10)4-5-14-9/h4-5,11H,2-3,6-7H2,1H3. The molecule has 15 heavy (non-hydrogen) atoms. The Kier molecular flexibility index (Phi) is 5.25. The lowest BCUT2D eigenvalue weighted by molar-refractivity contribution is 0.578. The Balaban J connectivity index is 2.46. The molecule has 86 valence electrons. The summed E-state index contributed by atoms with van der Waals surface area (Å²) in [6.07, 6.45) is 1.60. The molecule has 0 amide bonds. The minimum absolute atomic E-state index is 0.215. The number of rotatable bonds is 6. The lowest BCUT2D eigenvalue weighted by Gasteiger charge is -2.04. The first kappa shape index (κ1) is 13.2. The highest BCUT2D eigenvalue weighted by Crippen LogP contribution is 2.22. The average molecular weight is 312 g/mol. The fourth-order valence-electron chi connectivity index (χ4n) is 1.03. The number of sulfonamides is 1. The van der Waals surface area contributed by atoms with E-state index in [9.17, 15) is 8.42 Å². The molecule has 0 aromatic carbocycles. The van der Waals surface area contributed by atoms with Gasteiger partial charge in [0.05, 0.1) is 5.75 Å². The fourth-order valence-corrected chi connectivity index (χ4v) is 3.73. The van der Waals surface area contributed by atoms with Gasteiger partial charge in [0, 0.05) is 15.9 Å². The van der Waals surface area contributed by atoms with Crippen LogP contribution in [0.15, 0.2) is 15.9 Å². The highest BCUT2D eigenvalue weighted by atomic mass is 79.9. The Hall–Kier alpha value is 0.0900. The van der Waals surface area contributed by atoms with Crippen molar-refractivity contribution in [2.24, 2.45) is 0 Å². The number of thiophene rings is 1. The molecule has 0 fully saturated rings. The van der Waals surface area contributed by atoms with Gasteiger partial charge in [0.15, 0.2) is 0 Å². The van der Waals surface area contributed by atoms with Crippen molar-refractivity contribution in [2.75, 3.05) is 5.75 Å². The molecule has 0 aliphatic rings. The molecule has 1 N–H and O–H groups in total. The summed E-state index contributed by atoms with van der Waals surface area (Å²) >= 11 is 4.90. The van der Waals surface area contributed by atoms with Crippen LogP contribution < -0.4 is 4.72 Å². The summed E-state index contributed by atoms with van der Waals surface area (Å²) in [6.45, 7) is 2.36. The molecule has 0 saturated carbocycles. The number of halogens is 1. The normalized spacial score (nSPS) is 11.9. The van der Waals surface area contributed by atoms with Crippen molar-refractivity contribution in [2.45, 2.75) is 26.3 Å². The number of hydrogen-bond donors (Lipinski definition) is 1. The predicted molar refractivity (Wildman–Crippen MR) is 67.6 cm³/mol. The van der Waals surface area contributed by atoms with Gasteiger partial charge >= 0.3 is 0 Å². The Labute approximate surface area is 103 Å². The summed E-state index contributed by atoms with van der Waals surface area (Å²) < 4.78 is 26.5. The van der Waals surface area contributed by atoms with Gasteiger partial charge < -0.3 is 0 Å². The average Bonchev–Trinajstić information content (AvgIpc) is 2.58. The van der Waals surface area contributed by atoms with Gasteiger partial charge in [-0.2, -0.15) is 0 Å². The highest BCUT2D eigenvalue weighted by Gasteiger charge is 2.10. The molecule has 0 unspecified atom stereocenters. The predicted octanol–water partition coefficient (Wildman–Crippen LogP) is 2.73. The molecule has 0 spiro atoms. The zero-order chi connectivity index (χ0) is 11.3. The van der Waals surface area contributed by atoms with Crippen molar-refractivity contribution >= 4 is 37.3 Å². The van der Waals surface area contributed by atoms with Crippen LogP contribution in [-0.4, -0.2) is 14.2 Å². The monoisotopic (exact) mass is 311 g/mol. The molecule has 1 rings (SSSR count). The van der Waals surface area contributed by atoms with Crippen molar-refractivity contribution < 1.29 is 8.42 Å². The van der Waals surface area contributed by atoms with E-state index in [0.717, 1.165) is 15.8 Å². The minimum Gasteiger partial charge on any atom is -0.212 e. The van der Waals surface area contributed by atoms with Crippen LogP contribution in [-0.2, 0) is 16.6 Å². The Bertz CT molecular complexity index is 400. The number of nitrogens with one attached hydrogen (secondary N) is 1. The van der Waals surface area contributed by atoms with Crippen LogP contribution in [0.3, 0.4) is 0 Å². The molecule has 0 bridgehead atoms. The summed E-state index contributed by atoms with van der Waals surface area (Å²) in [5.74, 6) is 0.215. The van der Waals surface area contributed by atoms with E-state index in [1.165, 1.54) is 0 Å². The van der Waals surface area contributed by atoms with Gasteiger partial charge in [-0.15, -0.1) is 11.3 Å². The molecule has 3 nitrogen and oxygen atoms in total. The van der Waals surface area contributed by atoms with E-state index in [4.69, 9.17) is 0 Å². The quantitative estimate of drug-likeness (QED) is 0.878. The molecule has 0 saturated heterocycles. The molecule has 0 aliphatic carbocycles. The second-order valence-electron chi connectivity index (χ2n) is 3.19. The maximum Gasteiger partial charge on any atom is 0.211 e. The lowest BCUT2D eigenvalue weighted by atomic mass is 10.4. The van der Waals surface area contributed by atoms with E-state index < -0.39 is 10.0 Å². The second kappa shape index (κ2) is 5.98. The van der Waals surface area contributed by atoms with E-state index in [1.54, 1.807) is 11.3 Å². The van der Waals surface area contributed by atoms with Crippen LogP contribution in [0, 0.1) is 0 Å². The number of hydrogen-bond acceptors (Lipinski definition) is 3. The first-order valence-electron chi connectivity index (χ1n) is 4.74. The maximum absolute atomic E-state index is 11.5. The van der Waals surface area contributed by atoms with Crippen LogP contribution in [0.2, 0.25) is 0 Å². The largest absolute Gasteiger partial charge is 0.212 e. The van der Waals surface area contributed by atoms with Crippen LogP contribution in [0.4, 0.5) is 0 Å². The summed E-state index contributed by atoms with van der Waals surface area (Å²) in [7, 11) is -3.10. The van der Waals surface area contributed by atoms with E-state index in [0.29, 0.717) is 13.0 Å². The minimum atomic E-state index is -3.10. The Morgan fingerprint density at radius 3 is 2.80 bits per heavy atom. The van der Waals surface area contributed by atoms with Gasteiger partial charge in [-0.3, -0.25) is 0 Å². The van der Waals surface area contributed by atoms with Crippen LogP contribution >= 0.6 is 27.3 Å². The molecule has 1 heterocycles. The SMILES string of the molecule is CCCCS(=O)(=O)NCc1sccc1Br. The summed E-state index contributed by atoms with van der Waals surface area (Å²) in [4.78, 5) is 1.01. The highest BCUT2D eigenvalue weighted by molar-refractivity contribution is 9.10. The molecule has 6 heteroatoms. The second-order valence-corrected chi connectivity index (χ2v) is 6.97. The molecular formula is C9H14BrNO2S2. The molecule has 0 atom stereocenters. The van der Waals surface area contributed by atoms with Crippen molar-refractivity contribution in [3.05, 3.63) is 20.8 Å². The first-order chi connectivity index (χ1) is 7.05. The van der Waals surface area contributed by atoms with Crippen molar-refractivity contribution in [3.63, 3.8) is 0 Å². The van der Waals surface area contributed by atoms with Gasteiger partial charge in [0.25, 0.3) is 0 Å². The zero-order valence-corrected chi connectivity index (χ0v) is 11.7. The van der Waals surface area contributed by atoms with Crippen LogP contribution in [0.25, 0.3) is 0 Å². The molecule has 1 aromatic heterocycles. The number of unbranched alkanes of at least 4 members (excludes halogenated alkanes) is 1. The smallest absolute Gasteiger partial charge is 0.211 e. The van der Waals surface area contributed by atoms with E-state index in [-0.39, 0.29) is 5.75 Å². The van der Waals surface area contributed by atoms with Crippen molar-refractivity contribution in [3.8, 4) is 0 Å². The van der Waals surface area contributed by atoms with Gasteiger partial charge in [0.1, 0.15) is 0 Å². The molecule has 0 aliphatic heterocycles. The lowest BCUT2D eigenvalue weighted by Crippen LogP contribution is -2.25. The van der Waals surface area contributed by atoms with Gasteiger partial charge in [-0.25, -0.2) is 13.1 Å². The molecular weight excluding hydrogens is 298 g/mol. The van der Waals surface area contributed by atoms with E-state index in [1.807, 2.05) is 18.4 Å². The van der Waals surface area contributed by atoms with Crippen molar-refractivity contribution in [1.29, 1.82) is 0 Å². The Morgan fingerprint density at radius 1 is 1.53 bits per heavy atom. The van der Waals surface area contributed by atoms with Gasteiger partial charge in [-0.1, -0.05) is 13.3 Å². The van der Waals surface area contributed by atoms with Gasteiger partial charge in [0.2, 0.25) is 10.0 Å². The summed E-state index contributed by atoms with van der Waals surface area (Å²) in [5, 5.41) is 1.93. The summed E-state index contributed by atoms with van der Waals surface area (Å²) in [6, 6.07) is 1.92. The topological polar surface area (TPSA) is 46.2 Å². The fraction of sp³-hybridized carbons (Fsp3) is 0.556. The third-order valence-corrected chi connectivity index (χ3v) is 5.25. The van der Waals surface area contributed by atoms with Crippen molar-refractivity contribution in [1.82, 2.24) is 4.72 Å². The van der Waals surface area contributed by atoms with Crippen LogP contribution in [0.5, 0.6) is 0 Å². The van der Waals surface area contributed by atoms with Crippen LogP contribution in [0.1, 0.15) is 24.6 Å². The Morgan fingerprint density at radius 2 is 2.27 bits per heavy atom. The van der Waals surface area contributed by atoms with Gasteiger partial charge in [-0.05, 0) is 33.8 Å². The third-order valence-electron chi connectivity index (χ3n) is 1.91. The van der Waals surface area contributed by atoms with E-state index >= 15 is 0 Å². The third kappa shape index (κ3) is 4.63. The zero-order valence-electron chi connectivity index (χ0n) is 8.49. The molecule has 1 aromatic rings. The van der Waals surface area contributed by atoms with E-state index in [2.05, 4.69) is 20.7 Å². The summed E-state index contributed by atoms with van der Waals surface area (Å²) in [5.41, 5.74) is 0. The maximum atomic E-state index is 11.5. The molecule has 0 radical (unpaired) electrons. The first-order valence-corrected chi connectivity index (χ1v) is 8.07.